The van der Waals surface area contributed by atoms with E-state index in [9.17, 15) is 14.4 Å². The van der Waals surface area contributed by atoms with Gasteiger partial charge in [0.1, 0.15) is 5.75 Å². The van der Waals surface area contributed by atoms with Crippen molar-refractivity contribution in [2.45, 2.75) is 26.3 Å². The molecule has 0 saturated carbocycles. The lowest BCUT2D eigenvalue weighted by Gasteiger charge is -2.23. The Morgan fingerprint density at radius 2 is 1.80 bits per heavy atom. The highest BCUT2D eigenvalue weighted by molar-refractivity contribution is 6.32. The number of nitrogens with zero attached hydrogens (tertiary/aromatic N) is 1. The fourth-order valence-electron chi connectivity index (χ4n) is 1.75. The number of likely N-dealkylation sites (N-methyl/N-ethyl adjacent to an activating group) is 1. The van der Waals surface area contributed by atoms with Gasteiger partial charge in [0.2, 0.25) is 5.91 Å². The molecule has 0 unspecified atom stereocenters. The lowest BCUT2D eigenvalue weighted by atomic mass is 10.1. The van der Waals surface area contributed by atoms with E-state index < -0.39 is 18.5 Å². The molecule has 25 heavy (non-hydrogen) atoms. The third kappa shape index (κ3) is 8.39. The molecule has 7 nitrogen and oxygen atoms in total. The molecule has 0 aliphatic heterocycles. The van der Waals surface area contributed by atoms with E-state index in [0.717, 1.165) is 0 Å². The van der Waals surface area contributed by atoms with Gasteiger partial charge in [-0.2, -0.15) is 0 Å². The molecule has 8 heteroatoms. The van der Waals surface area contributed by atoms with Crippen molar-refractivity contribution in [3.05, 3.63) is 29.3 Å². The van der Waals surface area contributed by atoms with Crippen LogP contribution in [0.3, 0.4) is 0 Å². The summed E-state index contributed by atoms with van der Waals surface area (Å²) in [6, 6.07) is 6.69. The Hall–Kier alpha value is -2.28. The summed E-state index contributed by atoms with van der Waals surface area (Å²) in [6.45, 7) is 4.56. The van der Waals surface area contributed by atoms with Crippen LogP contribution < -0.4 is 10.1 Å². The van der Waals surface area contributed by atoms with Gasteiger partial charge in [-0.15, -0.1) is 0 Å². The number of hydrogen-bond donors (Lipinski definition) is 1. The molecule has 1 N–H and O–H groups in total. The monoisotopic (exact) mass is 370 g/mol. The molecule has 0 aromatic heterocycles. The van der Waals surface area contributed by atoms with Crippen LogP contribution in [0.1, 0.15) is 20.8 Å². The number of nitrogens with one attached hydrogen (secondary N) is 1. The molecule has 0 spiro atoms. The molecule has 0 radical (unpaired) electrons. The van der Waals surface area contributed by atoms with Gasteiger partial charge in [0, 0.05) is 12.6 Å². The quantitative estimate of drug-likeness (QED) is 0.737. The summed E-state index contributed by atoms with van der Waals surface area (Å²) in [5.41, 5.74) is -0.385. The van der Waals surface area contributed by atoms with Crippen LogP contribution in [-0.2, 0) is 19.1 Å². The van der Waals surface area contributed by atoms with E-state index in [4.69, 9.17) is 21.1 Å². The van der Waals surface area contributed by atoms with E-state index in [0.29, 0.717) is 10.8 Å². The van der Waals surface area contributed by atoms with Gasteiger partial charge in [-0.3, -0.25) is 9.59 Å². The van der Waals surface area contributed by atoms with Crippen molar-refractivity contribution in [2.75, 3.05) is 26.8 Å². The van der Waals surface area contributed by atoms with E-state index in [1.54, 1.807) is 24.3 Å². The second-order valence-electron chi connectivity index (χ2n) is 6.43. The third-order valence-corrected chi connectivity index (χ3v) is 3.17. The molecule has 0 bridgehead atoms. The molecule has 0 heterocycles. The van der Waals surface area contributed by atoms with Gasteiger partial charge in [0.15, 0.2) is 13.2 Å². The highest BCUT2D eigenvalue weighted by Crippen LogP contribution is 2.22. The molecule has 2 amide bonds. The number of carbonyl (C=O) groups excluding carboxylic acids is 3. The summed E-state index contributed by atoms with van der Waals surface area (Å²) >= 11 is 5.90. The Morgan fingerprint density at radius 1 is 1.16 bits per heavy atom. The van der Waals surface area contributed by atoms with Crippen molar-refractivity contribution >= 4 is 29.4 Å². The van der Waals surface area contributed by atoms with Crippen molar-refractivity contribution in [1.82, 2.24) is 10.2 Å². The van der Waals surface area contributed by atoms with Crippen LogP contribution in [0.25, 0.3) is 0 Å². The fourth-order valence-corrected chi connectivity index (χ4v) is 1.94. The second-order valence-corrected chi connectivity index (χ2v) is 6.83. The summed E-state index contributed by atoms with van der Waals surface area (Å²) in [5, 5.41) is 3.11. The van der Waals surface area contributed by atoms with E-state index in [-0.39, 0.29) is 24.6 Å². The van der Waals surface area contributed by atoms with Gasteiger partial charge in [0.25, 0.3) is 5.91 Å². The number of halogens is 1. The molecule has 0 atom stereocenters. The van der Waals surface area contributed by atoms with Gasteiger partial charge in [-0.05, 0) is 32.9 Å². The predicted octanol–water partition coefficient (Wildman–Crippen LogP) is 1.64. The van der Waals surface area contributed by atoms with E-state index >= 15 is 0 Å². The average Bonchev–Trinajstić information content (AvgIpc) is 2.49. The fraction of sp³-hybridized carbons (Fsp3) is 0.471. The van der Waals surface area contributed by atoms with Crippen LogP contribution in [0.2, 0.25) is 5.02 Å². The molecular weight excluding hydrogens is 348 g/mol. The minimum Gasteiger partial charge on any atom is -0.480 e. The first kappa shape index (κ1) is 20.8. The molecular formula is C17H23ClN2O5. The standard InChI is InChI=1S/C17H23ClN2O5/c1-17(2,3)19-14(21)9-20(4)15(22)10-25-16(23)11-24-13-8-6-5-7-12(13)18/h5-8H,9-11H2,1-4H3,(H,19,21). The second kappa shape index (κ2) is 9.27. The minimum atomic E-state index is -0.708. The number of rotatable bonds is 7. The maximum Gasteiger partial charge on any atom is 0.344 e. The Morgan fingerprint density at radius 3 is 2.40 bits per heavy atom. The van der Waals surface area contributed by atoms with Crippen LogP contribution in [0.4, 0.5) is 0 Å². The normalized spacial score (nSPS) is 10.8. The van der Waals surface area contributed by atoms with E-state index in [1.165, 1.54) is 11.9 Å². The number of carbonyl (C=O) groups is 3. The molecule has 138 valence electrons. The number of amides is 2. The number of para-hydroxylation sites is 1. The zero-order valence-electron chi connectivity index (χ0n) is 14.8. The van der Waals surface area contributed by atoms with Crippen molar-refractivity contribution in [3.8, 4) is 5.75 Å². The molecule has 0 fully saturated rings. The highest BCUT2D eigenvalue weighted by atomic mass is 35.5. The summed E-state index contributed by atoms with van der Waals surface area (Å²) < 4.78 is 10.1. The first-order valence-electron chi connectivity index (χ1n) is 7.66. The Balaban J connectivity index is 2.34. The Labute approximate surface area is 152 Å². The maximum atomic E-state index is 11.9. The van der Waals surface area contributed by atoms with Crippen LogP contribution in [0.15, 0.2) is 24.3 Å². The van der Waals surface area contributed by atoms with Gasteiger partial charge in [0.05, 0.1) is 11.6 Å². The molecule has 1 aromatic carbocycles. The Bertz CT molecular complexity index is 628. The summed E-state index contributed by atoms with van der Waals surface area (Å²) in [5.74, 6) is -1.14. The molecule has 0 aliphatic carbocycles. The number of hydrogen-bond acceptors (Lipinski definition) is 5. The Kier molecular flexibility index (Phi) is 7.70. The zero-order valence-corrected chi connectivity index (χ0v) is 15.6. The van der Waals surface area contributed by atoms with Crippen molar-refractivity contribution in [2.24, 2.45) is 0 Å². The molecule has 0 aliphatic rings. The zero-order chi connectivity index (χ0) is 19.0. The molecule has 0 saturated heterocycles. The highest BCUT2D eigenvalue weighted by Gasteiger charge is 2.19. The van der Waals surface area contributed by atoms with Gasteiger partial charge in [-0.25, -0.2) is 4.79 Å². The third-order valence-electron chi connectivity index (χ3n) is 2.86. The molecule has 1 rings (SSSR count). The van der Waals surface area contributed by atoms with Gasteiger partial charge in [-0.1, -0.05) is 23.7 Å². The summed E-state index contributed by atoms with van der Waals surface area (Å²) in [4.78, 5) is 36.4. The van der Waals surface area contributed by atoms with Crippen LogP contribution in [-0.4, -0.2) is 55.0 Å². The van der Waals surface area contributed by atoms with Crippen molar-refractivity contribution < 1.29 is 23.9 Å². The van der Waals surface area contributed by atoms with Gasteiger partial charge >= 0.3 is 5.97 Å². The number of esters is 1. The van der Waals surface area contributed by atoms with Crippen LogP contribution in [0, 0.1) is 0 Å². The predicted molar refractivity (Wildman–Crippen MR) is 93.4 cm³/mol. The number of ether oxygens (including phenoxy) is 2. The van der Waals surface area contributed by atoms with Gasteiger partial charge < -0.3 is 19.7 Å². The van der Waals surface area contributed by atoms with Crippen LogP contribution >= 0.6 is 11.6 Å². The lowest BCUT2D eigenvalue weighted by Crippen LogP contribution is -2.47. The molecule has 1 aromatic rings. The maximum absolute atomic E-state index is 11.9. The summed E-state index contributed by atoms with van der Waals surface area (Å²) in [6.07, 6.45) is 0. The first-order chi connectivity index (χ1) is 11.6. The summed E-state index contributed by atoms with van der Waals surface area (Å²) in [7, 11) is 1.46. The smallest absolute Gasteiger partial charge is 0.344 e. The topological polar surface area (TPSA) is 84.9 Å². The lowest BCUT2D eigenvalue weighted by molar-refractivity contribution is -0.153. The van der Waals surface area contributed by atoms with E-state index in [1.807, 2.05) is 20.8 Å². The minimum absolute atomic E-state index is 0.121. The average molecular weight is 371 g/mol. The largest absolute Gasteiger partial charge is 0.480 e. The first-order valence-corrected chi connectivity index (χ1v) is 8.04. The SMILES string of the molecule is CN(CC(=O)NC(C)(C)C)C(=O)COC(=O)COc1ccccc1Cl. The van der Waals surface area contributed by atoms with Crippen LogP contribution in [0.5, 0.6) is 5.75 Å². The van der Waals surface area contributed by atoms with Crippen molar-refractivity contribution in [1.29, 1.82) is 0 Å². The number of benzene rings is 1. The van der Waals surface area contributed by atoms with Crippen molar-refractivity contribution in [3.63, 3.8) is 0 Å². The van der Waals surface area contributed by atoms with E-state index in [2.05, 4.69) is 5.32 Å².